The lowest BCUT2D eigenvalue weighted by Crippen LogP contribution is -2.44. The lowest BCUT2D eigenvalue weighted by molar-refractivity contribution is -0.131. The first-order valence-electron chi connectivity index (χ1n) is 10.9. The van der Waals surface area contributed by atoms with Crippen LogP contribution in [0.15, 0.2) is 24.3 Å². The van der Waals surface area contributed by atoms with Crippen molar-refractivity contribution < 1.29 is 14.3 Å². The number of carbonyl (C=O) groups is 2. The molecular weight excluding hydrogens is 388 g/mol. The van der Waals surface area contributed by atoms with E-state index in [1.165, 1.54) is 5.56 Å². The van der Waals surface area contributed by atoms with E-state index in [1.54, 1.807) is 0 Å². The lowest BCUT2D eigenvalue weighted by atomic mass is 9.74. The van der Waals surface area contributed by atoms with Gasteiger partial charge in [0.05, 0.1) is 0 Å². The maximum Gasteiger partial charge on any atom is 0.222 e. The van der Waals surface area contributed by atoms with Gasteiger partial charge in [-0.15, -0.1) is 0 Å². The fraction of sp³-hybridized carbons (Fsp3) is 0.652. The van der Waals surface area contributed by atoms with Crippen LogP contribution in [0.1, 0.15) is 64.4 Å². The van der Waals surface area contributed by atoms with Crippen LogP contribution in [0.25, 0.3) is 0 Å². The van der Waals surface area contributed by atoms with Crippen molar-refractivity contribution in [2.45, 2.75) is 64.2 Å². The normalized spacial score (nSPS) is 15.7. The summed E-state index contributed by atoms with van der Waals surface area (Å²) in [5.74, 6) is 0.165. The Bertz CT molecular complexity index is 636. The second-order valence-corrected chi connectivity index (χ2v) is 8.35. The number of halogens is 1. The van der Waals surface area contributed by atoms with Gasteiger partial charge in [-0.05, 0) is 49.8 Å². The van der Waals surface area contributed by atoms with Crippen LogP contribution in [0, 0.1) is 0 Å². The highest BCUT2D eigenvalue weighted by atomic mass is 35.5. The second-order valence-electron chi connectivity index (χ2n) is 7.91. The zero-order valence-corrected chi connectivity index (χ0v) is 18.6. The number of ether oxygens (including phenoxy) is 1. The Morgan fingerprint density at radius 3 is 2.28 bits per heavy atom. The van der Waals surface area contributed by atoms with Crippen molar-refractivity contribution in [3.63, 3.8) is 0 Å². The molecule has 1 N–H and O–H groups in total. The fourth-order valence-electron chi connectivity index (χ4n) is 3.95. The summed E-state index contributed by atoms with van der Waals surface area (Å²) >= 11 is 6.04. The van der Waals surface area contributed by atoms with Gasteiger partial charge in [0.2, 0.25) is 11.8 Å². The first kappa shape index (κ1) is 23.7. The minimum absolute atomic E-state index is 0.00941. The van der Waals surface area contributed by atoms with Crippen LogP contribution in [0.4, 0.5) is 0 Å². The van der Waals surface area contributed by atoms with Crippen molar-refractivity contribution in [1.29, 1.82) is 0 Å². The molecule has 1 aliphatic heterocycles. The summed E-state index contributed by atoms with van der Waals surface area (Å²) in [4.78, 5) is 26.7. The van der Waals surface area contributed by atoms with Crippen molar-refractivity contribution in [1.82, 2.24) is 10.2 Å². The van der Waals surface area contributed by atoms with E-state index in [0.29, 0.717) is 44.0 Å². The van der Waals surface area contributed by atoms with Gasteiger partial charge in [-0.2, -0.15) is 0 Å². The monoisotopic (exact) mass is 422 g/mol. The lowest BCUT2D eigenvalue weighted by Gasteiger charge is -2.38. The number of hydrogen-bond donors (Lipinski definition) is 1. The van der Waals surface area contributed by atoms with Gasteiger partial charge in [0.15, 0.2) is 0 Å². The minimum atomic E-state index is -0.118. The molecule has 0 radical (unpaired) electrons. The Balaban J connectivity index is 1.84. The summed E-state index contributed by atoms with van der Waals surface area (Å²) in [6.45, 7) is 7.72. The number of benzene rings is 1. The van der Waals surface area contributed by atoms with Crippen LogP contribution in [0.2, 0.25) is 5.02 Å². The quantitative estimate of drug-likeness (QED) is 0.577. The average molecular weight is 423 g/mol. The second kappa shape index (κ2) is 12.2. The molecular formula is C23H35ClN2O3. The van der Waals surface area contributed by atoms with E-state index in [1.807, 2.05) is 17.0 Å². The highest BCUT2D eigenvalue weighted by Gasteiger charge is 2.34. The van der Waals surface area contributed by atoms with Crippen molar-refractivity contribution in [3.8, 4) is 0 Å². The van der Waals surface area contributed by atoms with Crippen molar-refractivity contribution in [2.75, 3.05) is 32.8 Å². The molecule has 1 aromatic rings. The van der Waals surface area contributed by atoms with Gasteiger partial charge in [0.1, 0.15) is 0 Å². The third-order valence-corrected chi connectivity index (χ3v) is 5.92. The number of amides is 2. The van der Waals surface area contributed by atoms with E-state index in [0.717, 1.165) is 38.8 Å². The molecule has 1 fully saturated rings. The van der Waals surface area contributed by atoms with Crippen molar-refractivity contribution >= 4 is 23.4 Å². The maximum absolute atomic E-state index is 12.4. The van der Waals surface area contributed by atoms with E-state index in [2.05, 4.69) is 31.3 Å². The van der Waals surface area contributed by atoms with Gasteiger partial charge in [-0.3, -0.25) is 9.59 Å². The van der Waals surface area contributed by atoms with E-state index in [9.17, 15) is 9.59 Å². The van der Waals surface area contributed by atoms with Crippen LogP contribution in [-0.4, -0.2) is 49.6 Å². The summed E-state index contributed by atoms with van der Waals surface area (Å²) in [7, 11) is 0. The summed E-state index contributed by atoms with van der Waals surface area (Å²) < 4.78 is 5.55. The van der Waals surface area contributed by atoms with Gasteiger partial charge in [-0.1, -0.05) is 37.6 Å². The summed E-state index contributed by atoms with van der Waals surface area (Å²) in [5, 5.41) is 3.82. The third-order valence-electron chi connectivity index (χ3n) is 5.66. The largest absolute Gasteiger partial charge is 0.381 e. The number of nitrogens with zero attached hydrogens (tertiary/aromatic N) is 1. The van der Waals surface area contributed by atoms with Crippen molar-refractivity contribution in [2.24, 2.45) is 0 Å². The number of rotatable bonds is 11. The predicted molar refractivity (Wildman–Crippen MR) is 117 cm³/mol. The molecule has 0 unspecified atom stereocenters. The molecule has 1 heterocycles. The molecule has 1 aliphatic rings. The molecule has 0 saturated carbocycles. The van der Waals surface area contributed by atoms with Crippen LogP contribution >= 0.6 is 11.6 Å². The molecule has 29 heavy (non-hydrogen) atoms. The Hall–Kier alpha value is -1.59. The molecule has 1 saturated heterocycles. The molecule has 0 aliphatic carbocycles. The summed E-state index contributed by atoms with van der Waals surface area (Å²) in [6.07, 6.45) is 5.07. The van der Waals surface area contributed by atoms with Gasteiger partial charge in [0.25, 0.3) is 0 Å². The average Bonchev–Trinajstić information content (AvgIpc) is 2.73. The number of nitrogens with one attached hydrogen (secondary N) is 1. The Kier molecular flexibility index (Phi) is 9.95. The standard InChI is InChI=1S/C23H35ClN2O3/c1-3-14-26(15-4-2)22(28)7-5-6-21(27)25-18-23(12-16-29-17-13-23)19-8-10-20(24)11-9-19/h8-11H,3-7,12-18H2,1-2H3,(H,25,27). The zero-order valence-electron chi connectivity index (χ0n) is 17.8. The molecule has 5 nitrogen and oxygen atoms in total. The molecule has 6 heteroatoms. The molecule has 0 bridgehead atoms. The summed E-state index contributed by atoms with van der Waals surface area (Å²) in [5.41, 5.74) is 1.07. The van der Waals surface area contributed by atoms with Gasteiger partial charge in [0, 0.05) is 56.1 Å². The SMILES string of the molecule is CCCN(CCC)C(=O)CCCC(=O)NCC1(c2ccc(Cl)cc2)CCOCC1. The molecule has 2 amide bonds. The third kappa shape index (κ3) is 7.31. The van der Waals surface area contributed by atoms with E-state index < -0.39 is 0 Å². The van der Waals surface area contributed by atoms with Crippen LogP contribution in [0.3, 0.4) is 0 Å². The Labute approximate surface area is 180 Å². The maximum atomic E-state index is 12.4. The fourth-order valence-corrected chi connectivity index (χ4v) is 4.07. The molecule has 0 spiro atoms. The molecule has 162 valence electrons. The predicted octanol–water partition coefficient (Wildman–Crippen LogP) is 4.32. The molecule has 2 rings (SSSR count). The molecule has 1 aromatic carbocycles. The van der Waals surface area contributed by atoms with Crippen molar-refractivity contribution in [3.05, 3.63) is 34.9 Å². The van der Waals surface area contributed by atoms with Gasteiger partial charge in [-0.25, -0.2) is 0 Å². The smallest absolute Gasteiger partial charge is 0.222 e. The van der Waals surface area contributed by atoms with Crippen LogP contribution in [-0.2, 0) is 19.7 Å². The first-order valence-corrected chi connectivity index (χ1v) is 11.3. The van der Waals surface area contributed by atoms with Crippen LogP contribution in [0.5, 0.6) is 0 Å². The highest BCUT2D eigenvalue weighted by Crippen LogP contribution is 2.34. The topological polar surface area (TPSA) is 58.6 Å². The zero-order chi connectivity index (χ0) is 21.1. The Morgan fingerprint density at radius 1 is 1.07 bits per heavy atom. The van der Waals surface area contributed by atoms with Gasteiger partial charge < -0.3 is 15.0 Å². The highest BCUT2D eigenvalue weighted by molar-refractivity contribution is 6.30. The summed E-state index contributed by atoms with van der Waals surface area (Å²) in [6, 6.07) is 7.91. The van der Waals surface area contributed by atoms with E-state index >= 15 is 0 Å². The van der Waals surface area contributed by atoms with E-state index in [4.69, 9.17) is 16.3 Å². The molecule has 0 aromatic heterocycles. The number of carbonyl (C=O) groups excluding carboxylic acids is 2. The molecule has 0 atom stereocenters. The van der Waals surface area contributed by atoms with Gasteiger partial charge >= 0.3 is 0 Å². The Morgan fingerprint density at radius 2 is 1.69 bits per heavy atom. The van der Waals surface area contributed by atoms with E-state index in [-0.39, 0.29) is 17.2 Å². The minimum Gasteiger partial charge on any atom is -0.381 e. The number of hydrogen-bond acceptors (Lipinski definition) is 3. The van der Waals surface area contributed by atoms with Crippen LogP contribution < -0.4 is 5.32 Å². The first-order chi connectivity index (χ1) is 14.0.